The van der Waals surface area contributed by atoms with E-state index in [1.54, 1.807) is 22.6 Å². The van der Waals surface area contributed by atoms with Crippen LogP contribution in [0, 0.1) is 0 Å². The molecular weight excluding hydrogens is 278 g/mol. The van der Waals surface area contributed by atoms with Crippen LogP contribution in [0.15, 0.2) is 22.7 Å². The first kappa shape index (κ1) is 12.8. The van der Waals surface area contributed by atoms with E-state index in [9.17, 15) is 4.79 Å². The molecule has 3 heterocycles. The third-order valence-electron chi connectivity index (χ3n) is 3.06. The van der Waals surface area contributed by atoms with Crippen molar-refractivity contribution in [3.63, 3.8) is 0 Å². The molecule has 0 saturated carbocycles. The fourth-order valence-corrected chi connectivity index (χ4v) is 2.71. The van der Waals surface area contributed by atoms with Gasteiger partial charge in [0, 0.05) is 17.5 Å². The van der Waals surface area contributed by atoms with Gasteiger partial charge in [-0.3, -0.25) is 14.0 Å². The first-order chi connectivity index (χ1) is 9.74. The summed E-state index contributed by atoms with van der Waals surface area (Å²) in [6, 6.07) is 0. The smallest absolute Gasteiger partial charge is 0.279 e. The highest BCUT2D eigenvalue weighted by molar-refractivity contribution is 7.03. The monoisotopic (exact) mass is 291 g/mol. The average Bonchev–Trinajstić information content (AvgIpc) is 3.08. The topological polar surface area (TPSA) is 74.8 Å². The van der Waals surface area contributed by atoms with Crippen LogP contribution in [0.25, 0.3) is 11.0 Å². The maximum absolute atomic E-state index is 12.5. The number of aryl methyl sites for hydroxylation is 1. The molecule has 0 fully saturated rings. The fraction of sp³-hybridized carbons (Fsp3) is 0.333. The van der Waals surface area contributed by atoms with Gasteiger partial charge in [-0.1, -0.05) is 0 Å². The minimum absolute atomic E-state index is 0.109. The van der Waals surface area contributed by atoms with E-state index in [2.05, 4.69) is 14.5 Å². The first-order valence-electron chi connectivity index (χ1n) is 6.12. The Morgan fingerprint density at radius 1 is 1.45 bits per heavy atom. The highest BCUT2D eigenvalue weighted by Gasteiger charge is 2.12. The molecule has 3 rings (SSSR count). The van der Waals surface area contributed by atoms with Crippen LogP contribution in [0.2, 0.25) is 0 Å². The number of nitrogens with zero attached hydrogens (tertiary/aromatic N) is 5. The number of methoxy groups -OCH3 is 1. The molecule has 0 saturated heterocycles. The van der Waals surface area contributed by atoms with Crippen molar-refractivity contribution >= 4 is 22.6 Å². The summed E-state index contributed by atoms with van der Waals surface area (Å²) in [5, 5.41) is 6.02. The zero-order valence-electron chi connectivity index (χ0n) is 11.1. The molecule has 3 aromatic rings. The van der Waals surface area contributed by atoms with Gasteiger partial charge in [0.05, 0.1) is 26.2 Å². The molecular formula is C12H13N5O2S. The molecule has 20 heavy (non-hydrogen) atoms. The lowest BCUT2D eigenvalue weighted by Gasteiger charge is -2.06. The van der Waals surface area contributed by atoms with Crippen molar-refractivity contribution in [2.45, 2.75) is 20.0 Å². The lowest BCUT2D eigenvalue weighted by molar-refractivity contribution is 0.396. The first-order valence-corrected chi connectivity index (χ1v) is 6.96. The van der Waals surface area contributed by atoms with Crippen molar-refractivity contribution in [3.05, 3.63) is 33.8 Å². The Labute approximate surface area is 118 Å². The Balaban J connectivity index is 2.08. The maximum Gasteiger partial charge on any atom is 0.279 e. The van der Waals surface area contributed by atoms with Gasteiger partial charge < -0.3 is 4.74 Å². The van der Waals surface area contributed by atoms with Crippen LogP contribution >= 0.6 is 11.5 Å². The second-order valence-corrected chi connectivity index (χ2v) is 4.85. The zero-order valence-corrected chi connectivity index (χ0v) is 11.9. The predicted octanol–water partition coefficient (Wildman–Crippen LogP) is 1.13. The van der Waals surface area contributed by atoms with Crippen molar-refractivity contribution in [1.82, 2.24) is 23.7 Å². The molecule has 3 aromatic heterocycles. The summed E-state index contributed by atoms with van der Waals surface area (Å²) in [5.41, 5.74) is 1.89. The molecule has 0 aliphatic rings. The molecule has 0 unspecified atom stereocenters. The summed E-state index contributed by atoms with van der Waals surface area (Å²) in [7, 11) is 1.56. The Morgan fingerprint density at radius 2 is 2.30 bits per heavy atom. The summed E-state index contributed by atoms with van der Waals surface area (Å²) in [6.45, 7) is 2.96. The van der Waals surface area contributed by atoms with E-state index in [1.807, 2.05) is 12.3 Å². The van der Waals surface area contributed by atoms with Gasteiger partial charge in [-0.25, -0.2) is 4.98 Å². The summed E-state index contributed by atoms with van der Waals surface area (Å²) < 4.78 is 12.5. The molecule has 0 aliphatic heterocycles. The lowest BCUT2D eigenvalue weighted by Crippen LogP contribution is -2.23. The Bertz CT molecular complexity index is 804. The zero-order chi connectivity index (χ0) is 14.1. The molecule has 0 aliphatic carbocycles. The third kappa shape index (κ3) is 1.97. The Kier molecular flexibility index (Phi) is 3.23. The van der Waals surface area contributed by atoms with Gasteiger partial charge in [0.1, 0.15) is 5.52 Å². The van der Waals surface area contributed by atoms with Crippen molar-refractivity contribution in [3.8, 4) is 5.88 Å². The van der Waals surface area contributed by atoms with Gasteiger partial charge >= 0.3 is 0 Å². The van der Waals surface area contributed by atoms with E-state index in [4.69, 9.17) is 4.74 Å². The Morgan fingerprint density at radius 3 is 3.05 bits per heavy atom. The van der Waals surface area contributed by atoms with Crippen LogP contribution in [0.1, 0.15) is 12.5 Å². The number of aromatic nitrogens is 5. The number of rotatable bonds is 4. The molecule has 0 radical (unpaired) electrons. The summed E-state index contributed by atoms with van der Waals surface area (Å²) in [5.74, 6) is 0.547. The van der Waals surface area contributed by atoms with Crippen molar-refractivity contribution in [1.29, 1.82) is 0 Å². The molecule has 0 spiro atoms. The van der Waals surface area contributed by atoms with E-state index >= 15 is 0 Å². The SMILES string of the molecule is CCn1ncc2ncn(Cc3csnc3OC)c(=O)c21. The summed E-state index contributed by atoms with van der Waals surface area (Å²) in [6.07, 6.45) is 3.14. The predicted molar refractivity (Wildman–Crippen MR) is 75.2 cm³/mol. The lowest BCUT2D eigenvalue weighted by atomic mass is 10.3. The van der Waals surface area contributed by atoms with Crippen LogP contribution in [-0.2, 0) is 13.1 Å². The molecule has 104 valence electrons. The van der Waals surface area contributed by atoms with E-state index in [0.717, 1.165) is 5.56 Å². The van der Waals surface area contributed by atoms with Crippen molar-refractivity contribution in [2.24, 2.45) is 0 Å². The molecule has 8 heteroatoms. The normalized spacial score (nSPS) is 11.1. The van der Waals surface area contributed by atoms with Crippen LogP contribution in [0.5, 0.6) is 5.88 Å². The minimum Gasteiger partial charge on any atom is -0.480 e. The highest BCUT2D eigenvalue weighted by Crippen LogP contribution is 2.19. The van der Waals surface area contributed by atoms with Gasteiger partial charge in [0.15, 0.2) is 5.52 Å². The van der Waals surface area contributed by atoms with E-state index in [-0.39, 0.29) is 5.56 Å². The summed E-state index contributed by atoms with van der Waals surface area (Å²) >= 11 is 1.30. The largest absolute Gasteiger partial charge is 0.480 e. The van der Waals surface area contributed by atoms with Gasteiger partial charge in [-0.2, -0.15) is 9.47 Å². The average molecular weight is 291 g/mol. The minimum atomic E-state index is -0.109. The molecule has 0 amide bonds. The van der Waals surface area contributed by atoms with Crippen LogP contribution in [0.3, 0.4) is 0 Å². The van der Waals surface area contributed by atoms with Crippen molar-refractivity contribution in [2.75, 3.05) is 7.11 Å². The number of hydrogen-bond donors (Lipinski definition) is 0. The highest BCUT2D eigenvalue weighted by atomic mass is 32.1. The number of fused-ring (bicyclic) bond motifs is 1. The standard InChI is InChI=1S/C12H13N5O2S/c1-3-17-10-9(4-14-17)13-7-16(12(10)18)5-8-6-20-15-11(8)19-2/h4,6-7H,3,5H2,1-2H3. The molecule has 0 N–H and O–H groups in total. The van der Waals surface area contributed by atoms with Gasteiger partial charge in [-0.05, 0) is 18.5 Å². The van der Waals surface area contributed by atoms with Crippen LogP contribution < -0.4 is 10.3 Å². The molecule has 0 bridgehead atoms. The van der Waals surface area contributed by atoms with Crippen molar-refractivity contribution < 1.29 is 4.74 Å². The maximum atomic E-state index is 12.5. The second-order valence-electron chi connectivity index (χ2n) is 4.22. The van der Waals surface area contributed by atoms with Gasteiger partial charge in [-0.15, -0.1) is 0 Å². The van der Waals surface area contributed by atoms with E-state index in [0.29, 0.717) is 30.0 Å². The van der Waals surface area contributed by atoms with Crippen LogP contribution in [-0.4, -0.2) is 30.8 Å². The number of ether oxygens (including phenoxy) is 1. The molecule has 0 aromatic carbocycles. The third-order valence-corrected chi connectivity index (χ3v) is 3.72. The fourth-order valence-electron chi connectivity index (χ4n) is 2.07. The molecule has 0 atom stereocenters. The Hall–Kier alpha value is -2.22. The number of hydrogen-bond acceptors (Lipinski definition) is 6. The quantitative estimate of drug-likeness (QED) is 0.720. The molecule has 7 nitrogen and oxygen atoms in total. The van der Waals surface area contributed by atoms with Gasteiger partial charge in [0.2, 0.25) is 5.88 Å². The summed E-state index contributed by atoms with van der Waals surface area (Å²) in [4.78, 5) is 16.8. The van der Waals surface area contributed by atoms with Crippen LogP contribution in [0.4, 0.5) is 0 Å². The second kappa shape index (κ2) is 5.04. The van der Waals surface area contributed by atoms with E-state index in [1.165, 1.54) is 17.9 Å². The van der Waals surface area contributed by atoms with Gasteiger partial charge in [0.25, 0.3) is 5.56 Å². The van der Waals surface area contributed by atoms with E-state index < -0.39 is 0 Å².